The first kappa shape index (κ1) is 11.9. The SMILES string of the molecule is CC1Cc2ccccc2N1CC#Cc1ccccc1. The topological polar surface area (TPSA) is 3.24 Å². The van der Waals surface area contributed by atoms with E-state index < -0.39 is 0 Å². The number of hydrogen-bond acceptors (Lipinski definition) is 1. The van der Waals surface area contributed by atoms with Crippen LogP contribution in [0.15, 0.2) is 54.6 Å². The fraction of sp³-hybridized carbons (Fsp3) is 0.222. The average molecular weight is 247 g/mol. The van der Waals surface area contributed by atoms with Crippen LogP contribution in [0.4, 0.5) is 5.69 Å². The molecule has 1 heteroatoms. The van der Waals surface area contributed by atoms with Crippen LogP contribution >= 0.6 is 0 Å². The fourth-order valence-corrected chi connectivity index (χ4v) is 2.62. The maximum Gasteiger partial charge on any atom is 0.0801 e. The Kier molecular flexibility index (Phi) is 3.25. The van der Waals surface area contributed by atoms with E-state index >= 15 is 0 Å². The van der Waals surface area contributed by atoms with E-state index in [1.54, 1.807) is 0 Å². The minimum atomic E-state index is 0.544. The Hall–Kier alpha value is -2.20. The van der Waals surface area contributed by atoms with Gasteiger partial charge >= 0.3 is 0 Å². The minimum absolute atomic E-state index is 0.544. The lowest BCUT2D eigenvalue weighted by molar-refractivity contribution is 0.711. The number of benzene rings is 2. The fourth-order valence-electron chi connectivity index (χ4n) is 2.62. The minimum Gasteiger partial charge on any atom is -0.357 e. The van der Waals surface area contributed by atoms with Gasteiger partial charge in [0.2, 0.25) is 0 Å². The van der Waals surface area contributed by atoms with Crippen LogP contribution in [0.2, 0.25) is 0 Å². The molecular weight excluding hydrogens is 230 g/mol. The molecular formula is C18H17N. The molecule has 0 bridgehead atoms. The summed E-state index contributed by atoms with van der Waals surface area (Å²) in [5.41, 5.74) is 3.87. The summed E-state index contributed by atoms with van der Waals surface area (Å²) < 4.78 is 0. The van der Waals surface area contributed by atoms with E-state index in [1.807, 2.05) is 30.3 Å². The van der Waals surface area contributed by atoms with Crippen LogP contribution in [0.3, 0.4) is 0 Å². The molecule has 2 aromatic carbocycles. The molecule has 1 nitrogen and oxygen atoms in total. The monoisotopic (exact) mass is 247 g/mol. The molecule has 0 radical (unpaired) electrons. The summed E-state index contributed by atoms with van der Waals surface area (Å²) in [4.78, 5) is 2.39. The van der Waals surface area contributed by atoms with E-state index in [9.17, 15) is 0 Å². The highest BCUT2D eigenvalue weighted by Gasteiger charge is 2.24. The quantitative estimate of drug-likeness (QED) is 0.697. The zero-order valence-corrected chi connectivity index (χ0v) is 11.1. The first-order valence-corrected chi connectivity index (χ1v) is 6.73. The van der Waals surface area contributed by atoms with E-state index in [-0.39, 0.29) is 0 Å². The lowest BCUT2D eigenvalue weighted by Crippen LogP contribution is -2.29. The summed E-state index contributed by atoms with van der Waals surface area (Å²) >= 11 is 0. The van der Waals surface area contributed by atoms with Crippen molar-refractivity contribution in [3.8, 4) is 11.8 Å². The van der Waals surface area contributed by atoms with Crippen molar-refractivity contribution in [2.45, 2.75) is 19.4 Å². The van der Waals surface area contributed by atoms with Crippen LogP contribution in [-0.4, -0.2) is 12.6 Å². The molecule has 1 aliphatic rings. The van der Waals surface area contributed by atoms with Crippen molar-refractivity contribution in [3.63, 3.8) is 0 Å². The molecule has 94 valence electrons. The maximum atomic E-state index is 3.29. The molecule has 0 aromatic heterocycles. The van der Waals surface area contributed by atoms with Crippen LogP contribution in [-0.2, 0) is 6.42 Å². The summed E-state index contributed by atoms with van der Waals surface area (Å²) in [6, 6.07) is 19.4. The van der Waals surface area contributed by atoms with Crippen molar-refractivity contribution < 1.29 is 0 Å². The van der Waals surface area contributed by atoms with E-state index in [0.29, 0.717) is 6.04 Å². The number of fused-ring (bicyclic) bond motifs is 1. The summed E-state index contributed by atoms with van der Waals surface area (Å²) in [6.07, 6.45) is 1.13. The van der Waals surface area contributed by atoms with Gasteiger partial charge in [-0.1, -0.05) is 48.2 Å². The Balaban J connectivity index is 1.76. The number of anilines is 1. The standard InChI is InChI=1S/C18H17N/c1-15-14-17-11-5-6-12-18(17)19(15)13-7-10-16-8-3-2-4-9-16/h2-6,8-9,11-12,15H,13-14H2,1H3. The van der Waals surface area contributed by atoms with Gasteiger partial charge in [-0.25, -0.2) is 0 Å². The smallest absolute Gasteiger partial charge is 0.0801 e. The number of hydrogen-bond donors (Lipinski definition) is 0. The average Bonchev–Trinajstić information content (AvgIpc) is 2.76. The zero-order valence-electron chi connectivity index (χ0n) is 11.1. The molecule has 0 saturated carbocycles. The van der Waals surface area contributed by atoms with Gasteiger partial charge in [0, 0.05) is 17.3 Å². The van der Waals surface area contributed by atoms with Gasteiger partial charge in [0.05, 0.1) is 6.54 Å². The molecule has 0 N–H and O–H groups in total. The van der Waals surface area contributed by atoms with Gasteiger partial charge < -0.3 is 4.90 Å². The van der Waals surface area contributed by atoms with Gasteiger partial charge in [-0.3, -0.25) is 0 Å². The molecule has 0 amide bonds. The summed E-state index contributed by atoms with van der Waals surface area (Å²) in [5, 5.41) is 0. The second kappa shape index (κ2) is 5.20. The van der Waals surface area contributed by atoms with Crippen molar-refractivity contribution in [3.05, 3.63) is 65.7 Å². The van der Waals surface area contributed by atoms with Crippen LogP contribution in [0.1, 0.15) is 18.1 Å². The molecule has 0 saturated heterocycles. The van der Waals surface area contributed by atoms with Crippen molar-refractivity contribution in [1.82, 2.24) is 0 Å². The molecule has 1 atom stereocenters. The molecule has 0 spiro atoms. The Morgan fingerprint density at radius 2 is 1.79 bits per heavy atom. The highest BCUT2D eigenvalue weighted by atomic mass is 15.2. The Labute approximate surface area is 114 Å². The zero-order chi connectivity index (χ0) is 13.1. The van der Waals surface area contributed by atoms with Crippen molar-refractivity contribution in [1.29, 1.82) is 0 Å². The summed E-state index contributed by atoms with van der Waals surface area (Å²) in [6.45, 7) is 3.07. The maximum absolute atomic E-state index is 3.29. The lowest BCUT2D eigenvalue weighted by Gasteiger charge is -2.21. The third kappa shape index (κ3) is 2.48. The molecule has 1 aliphatic heterocycles. The van der Waals surface area contributed by atoms with E-state index in [4.69, 9.17) is 0 Å². The largest absolute Gasteiger partial charge is 0.357 e. The summed E-state index contributed by atoms with van der Waals surface area (Å²) in [7, 11) is 0. The second-order valence-electron chi connectivity index (χ2n) is 4.98. The van der Waals surface area contributed by atoms with Gasteiger partial charge in [-0.2, -0.15) is 0 Å². The number of nitrogens with zero attached hydrogens (tertiary/aromatic N) is 1. The Morgan fingerprint density at radius 1 is 1.05 bits per heavy atom. The van der Waals surface area contributed by atoms with Gasteiger partial charge in [-0.15, -0.1) is 0 Å². The van der Waals surface area contributed by atoms with Gasteiger partial charge in [-0.05, 0) is 37.1 Å². The molecule has 0 aliphatic carbocycles. The molecule has 1 heterocycles. The highest BCUT2D eigenvalue weighted by Crippen LogP contribution is 2.31. The second-order valence-corrected chi connectivity index (χ2v) is 4.98. The van der Waals surface area contributed by atoms with Crippen molar-refractivity contribution in [2.75, 3.05) is 11.4 Å². The predicted octanol–water partition coefficient (Wildman–Crippen LogP) is 3.49. The first-order valence-electron chi connectivity index (χ1n) is 6.73. The molecule has 0 fully saturated rings. The van der Waals surface area contributed by atoms with Crippen LogP contribution in [0, 0.1) is 11.8 Å². The molecule has 2 aromatic rings. The van der Waals surface area contributed by atoms with Crippen molar-refractivity contribution >= 4 is 5.69 Å². The molecule has 19 heavy (non-hydrogen) atoms. The van der Waals surface area contributed by atoms with E-state index in [0.717, 1.165) is 18.5 Å². The third-order valence-electron chi connectivity index (χ3n) is 3.60. The van der Waals surface area contributed by atoms with Gasteiger partial charge in [0.25, 0.3) is 0 Å². The van der Waals surface area contributed by atoms with Crippen LogP contribution in [0.5, 0.6) is 0 Å². The molecule has 3 rings (SSSR count). The normalized spacial score (nSPS) is 16.7. The van der Waals surface area contributed by atoms with E-state index in [1.165, 1.54) is 11.3 Å². The third-order valence-corrected chi connectivity index (χ3v) is 3.60. The molecule has 1 unspecified atom stereocenters. The number of rotatable bonds is 1. The number of para-hydroxylation sites is 1. The van der Waals surface area contributed by atoms with Crippen LogP contribution < -0.4 is 4.90 Å². The van der Waals surface area contributed by atoms with E-state index in [2.05, 4.69) is 47.9 Å². The Morgan fingerprint density at radius 3 is 2.63 bits per heavy atom. The van der Waals surface area contributed by atoms with Crippen LogP contribution in [0.25, 0.3) is 0 Å². The Bertz CT molecular complexity index is 619. The predicted molar refractivity (Wildman–Crippen MR) is 80.3 cm³/mol. The highest BCUT2D eigenvalue weighted by molar-refractivity contribution is 5.60. The summed E-state index contributed by atoms with van der Waals surface area (Å²) in [5.74, 6) is 6.52. The first-order chi connectivity index (χ1) is 9.34. The van der Waals surface area contributed by atoms with Gasteiger partial charge in [0.15, 0.2) is 0 Å². The van der Waals surface area contributed by atoms with Crippen molar-refractivity contribution in [2.24, 2.45) is 0 Å². The lowest BCUT2D eigenvalue weighted by atomic mass is 10.1. The van der Waals surface area contributed by atoms with Gasteiger partial charge in [0.1, 0.15) is 0 Å².